The normalized spacial score (nSPS) is 9.85. The highest BCUT2D eigenvalue weighted by Gasteiger charge is 2.16. The number of nitriles is 1. The van der Waals surface area contributed by atoms with Gasteiger partial charge in [0.25, 0.3) is 5.69 Å². The lowest BCUT2D eigenvalue weighted by Gasteiger charge is -2.07. The predicted octanol–water partition coefficient (Wildman–Crippen LogP) is 3.10. The molecule has 1 heterocycles. The number of nitro groups is 1. The lowest BCUT2D eigenvalue weighted by Crippen LogP contribution is -1.96. The van der Waals surface area contributed by atoms with E-state index in [-0.39, 0.29) is 28.4 Å². The smallest absolute Gasteiger partial charge is 0.275 e. The summed E-state index contributed by atoms with van der Waals surface area (Å²) in [5.74, 6) is -0.748. The topological polar surface area (TPSA) is 89.0 Å². The number of ether oxygens (including phenoxy) is 1. The van der Waals surface area contributed by atoms with E-state index in [1.165, 1.54) is 31.3 Å². The van der Waals surface area contributed by atoms with E-state index in [0.29, 0.717) is 0 Å². The first kappa shape index (κ1) is 13.4. The molecule has 0 aliphatic rings. The zero-order valence-electron chi connectivity index (χ0n) is 10.3. The van der Waals surface area contributed by atoms with E-state index in [1.54, 1.807) is 0 Å². The summed E-state index contributed by atoms with van der Waals surface area (Å²) in [7, 11) is 0. The van der Waals surface area contributed by atoms with Crippen LogP contribution in [-0.4, -0.2) is 9.91 Å². The third-order valence-electron chi connectivity index (χ3n) is 2.53. The van der Waals surface area contributed by atoms with Gasteiger partial charge in [0.2, 0.25) is 0 Å². The van der Waals surface area contributed by atoms with Gasteiger partial charge in [-0.15, -0.1) is 0 Å². The zero-order chi connectivity index (χ0) is 14.7. The molecule has 6 nitrogen and oxygen atoms in total. The molecule has 0 amide bonds. The van der Waals surface area contributed by atoms with E-state index in [1.807, 2.05) is 6.07 Å². The fraction of sp³-hybridized carbons (Fsp3) is 0.0769. The molecule has 0 N–H and O–H groups in total. The third kappa shape index (κ3) is 2.70. The number of halogens is 1. The number of nitro benzene ring substituents is 1. The van der Waals surface area contributed by atoms with Crippen LogP contribution in [0.25, 0.3) is 0 Å². The molecule has 7 heteroatoms. The van der Waals surface area contributed by atoms with Crippen molar-refractivity contribution in [3.63, 3.8) is 0 Å². The molecule has 20 heavy (non-hydrogen) atoms. The molecular formula is C13H8FN3O3. The van der Waals surface area contributed by atoms with Gasteiger partial charge in [0.1, 0.15) is 17.5 Å². The maximum Gasteiger partial charge on any atom is 0.275 e. The highest BCUT2D eigenvalue weighted by molar-refractivity contribution is 5.46. The second kappa shape index (κ2) is 5.32. The Labute approximate surface area is 113 Å². The number of hydrogen-bond donors (Lipinski definition) is 0. The Morgan fingerprint density at radius 3 is 2.75 bits per heavy atom. The Bertz CT molecular complexity index is 708. The van der Waals surface area contributed by atoms with Gasteiger partial charge < -0.3 is 4.74 Å². The van der Waals surface area contributed by atoms with Crippen LogP contribution in [0.5, 0.6) is 11.5 Å². The minimum absolute atomic E-state index is 0.139. The van der Waals surface area contributed by atoms with Crippen LogP contribution >= 0.6 is 0 Å². The average Bonchev–Trinajstić information content (AvgIpc) is 2.43. The summed E-state index contributed by atoms with van der Waals surface area (Å²) in [6, 6.07) is 6.77. The van der Waals surface area contributed by atoms with Crippen molar-refractivity contribution in [1.82, 2.24) is 4.98 Å². The van der Waals surface area contributed by atoms with Crippen LogP contribution in [0.3, 0.4) is 0 Å². The molecular weight excluding hydrogens is 265 g/mol. The lowest BCUT2D eigenvalue weighted by molar-refractivity contribution is -0.385. The SMILES string of the molecule is Cc1cc(Oc2ccc(C#N)nc2)c(F)cc1[N+](=O)[O-]. The third-order valence-corrected chi connectivity index (χ3v) is 2.53. The zero-order valence-corrected chi connectivity index (χ0v) is 10.3. The van der Waals surface area contributed by atoms with Crippen molar-refractivity contribution >= 4 is 5.69 Å². The summed E-state index contributed by atoms with van der Waals surface area (Å²) in [6.07, 6.45) is 1.27. The largest absolute Gasteiger partial charge is 0.453 e. The summed E-state index contributed by atoms with van der Waals surface area (Å²) >= 11 is 0. The van der Waals surface area contributed by atoms with Gasteiger partial charge in [0.15, 0.2) is 11.6 Å². The van der Waals surface area contributed by atoms with Crippen molar-refractivity contribution < 1.29 is 14.1 Å². The van der Waals surface area contributed by atoms with E-state index in [2.05, 4.69) is 4.98 Å². The number of hydrogen-bond acceptors (Lipinski definition) is 5. The molecule has 0 atom stereocenters. The van der Waals surface area contributed by atoms with Crippen molar-refractivity contribution in [2.24, 2.45) is 0 Å². The maximum absolute atomic E-state index is 13.7. The number of pyridine rings is 1. The predicted molar refractivity (Wildman–Crippen MR) is 66.8 cm³/mol. The summed E-state index contributed by atoms with van der Waals surface area (Å²) in [5.41, 5.74) is 0.179. The monoisotopic (exact) mass is 273 g/mol. The van der Waals surface area contributed by atoms with Gasteiger partial charge in [-0.3, -0.25) is 10.1 Å². The minimum atomic E-state index is -0.841. The number of aryl methyl sites for hydroxylation is 1. The van der Waals surface area contributed by atoms with E-state index in [0.717, 1.165) is 6.07 Å². The lowest BCUT2D eigenvalue weighted by atomic mass is 10.2. The molecule has 0 saturated carbocycles. The van der Waals surface area contributed by atoms with E-state index in [9.17, 15) is 14.5 Å². The standard InChI is InChI=1S/C13H8FN3O3/c1-8-4-13(11(14)5-12(8)17(18)19)20-10-3-2-9(6-15)16-7-10/h2-5,7H,1H3. The number of rotatable bonds is 3. The number of benzene rings is 1. The van der Waals surface area contributed by atoms with Crippen molar-refractivity contribution in [2.75, 3.05) is 0 Å². The van der Waals surface area contributed by atoms with Crippen molar-refractivity contribution in [1.29, 1.82) is 5.26 Å². The molecule has 1 aromatic heterocycles. The van der Waals surface area contributed by atoms with Crippen LogP contribution in [0.1, 0.15) is 11.3 Å². The maximum atomic E-state index is 13.7. The van der Waals surface area contributed by atoms with Crippen LogP contribution in [0.4, 0.5) is 10.1 Å². The van der Waals surface area contributed by atoms with Crippen LogP contribution < -0.4 is 4.74 Å². The molecule has 0 saturated heterocycles. The first-order valence-electron chi connectivity index (χ1n) is 5.50. The van der Waals surface area contributed by atoms with Gasteiger partial charge in [-0.1, -0.05) is 0 Å². The minimum Gasteiger partial charge on any atom is -0.453 e. The van der Waals surface area contributed by atoms with Crippen LogP contribution in [0.15, 0.2) is 30.5 Å². The van der Waals surface area contributed by atoms with Crippen molar-refractivity contribution in [2.45, 2.75) is 6.92 Å². The van der Waals surface area contributed by atoms with Crippen LogP contribution in [0, 0.1) is 34.2 Å². The molecule has 2 rings (SSSR count). The summed E-state index contributed by atoms with van der Waals surface area (Å²) in [6.45, 7) is 1.49. The van der Waals surface area contributed by atoms with E-state index < -0.39 is 10.7 Å². The summed E-state index contributed by atoms with van der Waals surface area (Å²) < 4.78 is 19.0. The van der Waals surface area contributed by atoms with Gasteiger partial charge in [-0.05, 0) is 25.1 Å². The van der Waals surface area contributed by atoms with Crippen LogP contribution in [0.2, 0.25) is 0 Å². The molecule has 0 unspecified atom stereocenters. The second-order valence-corrected chi connectivity index (χ2v) is 3.92. The Hall–Kier alpha value is -3.01. The van der Waals surface area contributed by atoms with Crippen molar-refractivity contribution in [3.05, 3.63) is 57.7 Å². The van der Waals surface area contributed by atoms with Crippen LogP contribution in [-0.2, 0) is 0 Å². The molecule has 0 spiro atoms. The van der Waals surface area contributed by atoms with Gasteiger partial charge in [-0.2, -0.15) is 5.26 Å². The molecule has 0 bridgehead atoms. The second-order valence-electron chi connectivity index (χ2n) is 3.92. The summed E-state index contributed by atoms with van der Waals surface area (Å²) in [4.78, 5) is 13.8. The molecule has 1 aromatic carbocycles. The highest BCUT2D eigenvalue weighted by atomic mass is 19.1. The molecule has 0 radical (unpaired) electrons. The van der Waals surface area contributed by atoms with E-state index >= 15 is 0 Å². The number of nitrogens with zero attached hydrogens (tertiary/aromatic N) is 3. The fourth-order valence-corrected chi connectivity index (χ4v) is 1.55. The first-order chi connectivity index (χ1) is 9.51. The number of aromatic nitrogens is 1. The fourth-order valence-electron chi connectivity index (χ4n) is 1.55. The van der Waals surface area contributed by atoms with Gasteiger partial charge in [0, 0.05) is 5.56 Å². The average molecular weight is 273 g/mol. The quantitative estimate of drug-likeness (QED) is 0.633. The first-order valence-corrected chi connectivity index (χ1v) is 5.50. The van der Waals surface area contributed by atoms with Gasteiger partial charge in [-0.25, -0.2) is 9.37 Å². The van der Waals surface area contributed by atoms with Crippen molar-refractivity contribution in [3.8, 4) is 17.6 Å². The van der Waals surface area contributed by atoms with Gasteiger partial charge >= 0.3 is 0 Å². The molecule has 2 aromatic rings. The molecule has 0 aliphatic heterocycles. The molecule has 0 aliphatic carbocycles. The summed E-state index contributed by atoms with van der Waals surface area (Å²) in [5, 5.41) is 19.3. The van der Waals surface area contributed by atoms with Gasteiger partial charge in [0.05, 0.1) is 17.2 Å². The Balaban J connectivity index is 2.31. The molecule has 100 valence electrons. The Morgan fingerprint density at radius 2 is 2.20 bits per heavy atom. The highest BCUT2D eigenvalue weighted by Crippen LogP contribution is 2.30. The Morgan fingerprint density at radius 1 is 1.45 bits per heavy atom. The van der Waals surface area contributed by atoms with E-state index in [4.69, 9.17) is 10.00 Å². The molecule has 0 fully saturated rings. The Kier molecular flexibility index (Phi) is 3.57.